The number of nitrogens with two attached hydrogens (primary N) is 1. The zero-order valence-corrected chi connectivity index (χ0v) is 19.0. The summed E-state index contributed by atoms with van der Waals surface area (Å²) < 4.78 is 6.22. The molecule has 6 nitrogen and oxygen atoms in total. The standard InChI is InChI=1S/C26H33N5O/c1-17(2)31-14-19-6-7-20(15-31)23(19)16-32-25-12-18(8-10-28-25)13-30-24-5-3-4-22-21(24)9-11-29-26(22)27/h3-5,8-12,17,19-20,23,30H,6-7,13-16H2,1-2H3,(H2,27,29). The van der Waals surface area contributed by atoms with Crippen molar-refractivity contribution in [3.05, 3.63) is 54.4 Å². The molecule has 1 aliphatic carbocycles. The van der Waals surface area contributed by atoms with Gasteiger partial charge in [-0.15, -0.1) is 0 Å². The summed E-state index contributed by atoms with van der Waals surface area (Å²) in [4.78, 5) is 11.3. The van der Waals surface area contributed by atoms with Gasteiger partial charge >= 0.3 is 0 Å². The Labute approximate surface area is 190 Å². The molecule has 168 valence electrons. The molecule has 0 amide bonds. The van der Waals surface area contributed by atoms with Crippen LogP contribution in [0.15, 0.2) is 48.8 Å². The molecule has 2 atom stereocenters. The molecule has 2 aromatic heterocycles. The minimum atomic E-state index is 0.555. The Morgan fingerprint density at radius 2 is 1.84 bits per heavy atom. The molecular formula is C26H33N5O. The number of nitrogens with one attached hydrogen (secondary N) is 1. The molecule has 1 saturated carbocycles. The lowest BCUT2D eigenvalue weighted by atomic mass is 9.85. The lowest BCUT2D eigenvalue weighted by Gasteiger charge is -2.39. The van der Waals surface area contributed by atoms with Gasteiger partial charge in [-0.25, -0.2) is 9.97 Å². The van der Waals surface area contributed by atoms with Crippen LogP contribution >= 0.6 is 0 Å². The summed E-state index contributed by atoms with van der Waals surface area (Å²) in [6.45, 7) is 8.52. The van der Waals surface area contributed by atoms with Crippen molar-refractivity contribution in [2.45, 2.75) is 39.3 Å². The summed E-state index contributed by atoms with van der Waals surface area (Å²) in [5.74, 6) is 3.45. The average molecular weight is 432 g/mol. The van der Waals surface area contributed by atoms with Crippen LogP contribution in [-0.2, 0) is 6.54 Å². The fraction of sp³-hybridized carbons (Fsp3) is 0.462. The van der Waals surface area contributed by atoms with Crippen LogP contribution in [0.5, 0.6) is 5.88 Å². The number of aromatic nitrogens is 2. The molecular weight excluding hydrogens is 398 g/mol. The van der Waals surface area contributed by atoms with Crippen molar-refractivity contribution in [1.82, 2.24) is 14.9 Å². The molecule has 2 unspecified atom stereocenters. The van der Waals surface area contributed by atoms with E-state index in [1.54, 1.807) is 6.20 Å². The second-order valence-corrected chi connectivity index (χ2v) is 9.57. The van der Waals surface area contributed by atoms with Gasteiger partial charge in [0.15, 0.2) is 0 Å². The van der Waals surface area contributed by atoms with Crippen LogP contribution in [0.25, 0.3) is 10.8 Å². The highest BCUT2D eigenvalue weighted by Gasteiger charge is 2.42. The monoisotopic (exact) mass is 431 g/mol. The van der Waals surface area contributed by atoms with E-state index in [0.29, 0.717) is 24.3 Å². The molecule has 2 bridgehead atoms. The number of rotatable bonds is 7. The van der Waals surface area contributed by atoms with E-state index >= 15 is 0 Å². The third-order valence-corrected chi connectivity index (χ3v) is 7.33. The van der Waals surface area contributed by atoms with Crippen LogP contribution < -0.4 is 15.8 Å². The Bertz CT molecular complexity index is 1070. The van der Waals surface area contributed by atoms with Crippen LogP contribution in [0, 0.1) is 17.8 Å². The van der Waals surface area contributed by atoms with Crippen molar-refractivity contribution in [2.24, 2.45) is 17.8 Å². The number of likely N-dealkylation sites (tertiary alicyclic amines) is 1. The molecule has 3 N–H and O–H groups in total. The quantitative estimate of drug-likeness (QED) is 0.571. The highest BCUT2D eigenvalue weighted by atomic mass is 16.5. The Morgan fingerprint density at radius 3 is 2.62 bits per heavy atom. The van der Waals surface area contributed by atoms with Crippen molar-refractivity contribution in [2.75, 3.05) is 30.7 Å². The van der Waals surface area contributed by atoms with Gasteiger partial charge in [0.05, 0.1) is 6.61 Å². The number of hydrogen-bond donors (Lipinski definition) is 2. The third-order valence-electron chi connectivity index (χ3n) is 7.33. The van der Waals surface area contributed by atoms with Crippen molar-refractivity contribution in [3.8, 4) is 5.88 Å². The van der Waals surface area contributed by atoms with E-state index in [0.717, 1.165) is 46.3 Å². The van der Waals surface area contributed by atoms with E-state index in [1.807, 2.05) is 30.5 Å². The zero-order chi connectivity index (χ0) is 22.1. The number of hydrogen-bond acceptors (Lipinski definition) is 6. The van der Waals surface area contributed by atoms with Crippen LogP contribution in [0.2, 0.25) is 0 Å². The number of fused-ring (bicyclic) bond motifs is 3. The number of nitrogen functional groups attached to an aromatic ring is 1. The minimum Gasteiger partial charge on any atom is -0.477 e. The molecule has 2 fully saturated rings. The van der Waals surface area contributed by atoms with E-state index in [9.17, 15) is 0 Å². The molecule has 0 spiro atoms. The molecule has 6 heteroatoms. The minimum absolute atomic E-state index is 0.555. The van der Waals surface area contributed by atoms with Gasteiger partial charge in [-0.2, -0.15) is 0 Å². The lowest BCUT2D eigenvalue weighted by molar-refractivity contribution is 0.0555. The van der Waals surface area contributed by atoms with Gasteiger partial charge in [0.1, 0.15) is 5.82 Å². The van der Waals surface area contributed by atoms with Crippen LogP contribution in [0.1, 0.15) is 32.3 Å². The number of pyridine rings is 2. The van der Waals surface area contributed by atoms with Crippen LogP contribution in [0.4, 0.5) is 11.5 Å². The van der Waals surface area contributed by atoms with Crippen LogP contribution in [0.3, 0.4) is 0 Å². The van der Waals surface area contributed by atoms with Crippen LogP contribution in [-0.4, -0.2) is 40.6 Å². The van der Waals surface area contributed by atoms with Crippen molar-refractivity contribution < 1.29 is 4.74 Å². The summed E-state index contributed by atoms with van der Waals surface area (Å²) >= 11 is 0. The third kappa shape index (κ3) is 4.24. The predicted octanol–water partition coefficient (Wildman–Crippen LogP) is 4.57. The van der Waals surface area contributed by atoms with Gasteiger partial charge < -0.3 is 20.7 Å². The fourth-order valence-corrected chi connectivity index (χ4v) is 5.47. The molecule has 1 saturated heterocycles. The highest BCUT2D eigenvalue weighted by Crippen LogP contribution is 2.42. The van der Waals surface area contributed by atoms with Gasteiger partial charge in [0.2, 0.25) is 5.88 Å². The van der Waals surface area contributed by atoms with Crippen molar-refractivity contribution in [3.63, 3.8) is 0 Å². The maximum atomic E-state index is 6.22. The van der Waals surface area contributed by atoms with E-state index in [1.165, 1.54) is 25.9 Å². The van der Waals surface area contributed by atoms with Gasteiger partial charge in [-0.05, 0) is 62.3 Å². The van der Waals surface area contributed by atoms with Gasteiger partial charge in [-0.1, -0.05) is 12.1 Å². The van der Waals surface area contributed by atoms with Crippen molar-refractivity contribution in [1.29, 1.82) is 0 Å². The second-order valence-electron chi connectivity index (χ2n) is 9.57. The molecule has 3 aromatic rings. The maximum absolute atomic E-state index is 6.22. The van der Waals surface area contributed by atoms with E-state index < -0.39 is 0 Å². The Balaban J connectivity index is 1.21. The number of piperidine rings is 1. The summed E-state index contributed by atoms with van der Waals surface area (Å²) in [7, 11) is 0. The first-order valence-corrected chi connectivity index (χ1v) is 11.8. The lowest BCUT2D eigenvalue weighted by Crippen LogP contribution is -2.46. The Morgan fingerprint density at radius 1 is 1.06 bits per heavy atom. The largest absolute Gasteiger partial charge is 0.477 e. The van der Waals surface area contributed by atoms with Gasteiger partial charge in [-0.3, -0.25) is 0 Å². The van der Waals surface area contributed by atoms with Crippen molar-refractivity contribution >= 4 is 22.3 Å². The first-order valence-electron chi connectivity index (χ1n) is 11.8. The molecule has 0 radical (unpaired) electrons. The summed E-state index contributed by atoms with van der Waals surface area (Å²) in [5, 5.41) is 5.58. The van der Waals surface area contributed by atoms with Gasteiger partial charge in [0.25, 0.3) is 0 Å². The number of nitrogens with zero attached hydrogens (tertiary/aromatic N) is 3. The average Bonchev–Trinajstić information content (AvgIpc) is 3.03. The first kappa shape index (κ1) is 21.0. The summed E-state index contributed by atoms with van der Waals surface area (Å²) in [6, 6.07) is 12.8. The molecule has 32 heavy (non-hydrogen) atoms. The SMILES string of the molecule is CC(C)N1CC2CCC(C1)C2COc1cc(CNc2cccc3c(N)nccc23)ccn1. The van der Waals surface area contributed by atoms with E-state index in [4.69, 9.17) is 10.5 Å². The Hall–Kier alpha value is -2.86. The molecule has 3 heterocycles. The fourth-order valence-electron chi connectivity index (χ4n) is 5.47. The van der Waals surface area contributed by atoms with E-state index in [-0.39, 0.29) is 0 Å². The predicted molar refractivity (Wildman–Crippen MR) is 130 cm³/mol. The topological polar surface area (TPSA) is 76.3 Å². The summed E-state index contributed by atoms with van der Waals surface area (Å²) in [5.41, 5.74) is 8.22. The normalized spacial score (nSPS) is 23.0. The Kier molecular flexibility index (Phi) is 5.87. The maximum Gasteiger partial charge on any atom is 0.213 e. The first-order chi connectivity index (χ1) is 15.6. The number of anilines is 2. The molecule has 1 aliphatic heterocycles. The molecule has 5 rings (SSSR count). The number of benzene rings is 1. The molecule has 1 aromatic carbocycles. The smallest absolute Gasteiger partial charge is 0.213 e. The second kappa shape index (κ2) is 8.94. The van der Waals surface area contributed by atoms with E-state index in [2.05, 4.69) is 46.2 Å². The highest BCUT2D eigenvalue weighted by molar-refractivity contribution is 5.99. The zero-order valence-electron chi connectivity index (χ0n) is 19.0. The summed E-state index contributed by atoms with van der Waals surface area (Å²) in [6.07, 6.45) is 6.27. The molecule has 2 aliphatic rings. The number of ether oxygens (including phenoxy) is 1. The van der Waals surface area contributed by atoms with Gasteiger partial charge in [0, 0.05) is 66.5 Å².